The number of hydrogen-bond donors (Lipinski definition) is 1. The molecule has 0 aromatic heterocycles. The second-order valence-electron chi connectivity index (χ2n) is 2.43. The highest BCUT2D eigenvalue weighted by atomic mass is 16.5. The Morgan fingerprint density at radius 2 is 2.00 bits per heavy atom. The molecule has 1 aromatic carbocycles. The number of para-hydroxylation sites is 1. The van der Waals surface area contributed by atoms with Crippen LogP contribution in [-0.4, -0.2) is 5.91 Å². The summed E-state index contributed by atoms with van der Waals surface area (Å²) in [6.45, 7) is 1.70. The third-order valence-electron chi connectivity index (χ3n) is 1.48. The molecule has 0 atom stereocenters. The molecule has 1 aromatic rings. The van der Waals surface area contributed by atoms with Gasteiger partial charge in [-0.3, -0.25) is 4.79 Å². The van der Waals surface area contributed by atoms with Crippen molar-refractivity contribution in [3.8, 4) is 5.75 Å². The van der Waals surface area contributed by atoms with Gasteiger partial charge in [0.2, 0.25) is 0 Å². The number of ether oxygens (including phenoxy) is 1. The fraction of sp³-hybridized carbons (Fsp3) is 0.100. The van der Waals surface area contributed by atoms with E-state index in [0.717, 1.165) is 0 Å². The minimum atomic E-state index is -0.564. The highest BCUT2D eigenvalue weighted by molar-refractivity contribution is 5.90. The van der Waals surface area contributed by atoms with E-state index in [1.807, 2.05) is 18.2 Å². The topological polar surface area (TPSA) is 52.3 Å². The maximum Gasteiger partial charge on any atom is 0.284 e. The number of hydrogen-bond acceptors (Lipinski definition) is 2. The fourth-order valence-corrected chi connectivity index (χ4v) is 0.867. The maximum atomic E-state index is 10.8. The molecule has 0 heterocycles. The highest BCUT2D eigenvalue weighted by Crippen LogP contribution is 2.12. The largest absolute Gasteiger partial charge is 0.452 e. The van der Waals surface area contributed by atoms with Gasteiger partial charge in [0.25, 0.3) is 5.91 Å². The number of primary amides is 1. The van der Waals surface area contributed by atoms with Gasteiger partial charge in [-0.1, -0.05) is 18.2 Å². The molecule has 0 spiro atoms. The van der Waals surface area contributed by atoms with Gasteiger partial charge in [0.05, 0.1) is 0 Å². The van der Waals surface area contributed by atoms with Crippen LogP contribution in [0.1, 0.15) is 6.92 Å². The number of allylic oxidation sites excluding steroid dienone is 1. The Labute approximate surface area is 76.8 Å². The van der Waals surface area contributed by atoms with Crippen molar-refractivity contribution in [2.24, 2.45) is 5.73 Å². The summed E-state index contributed by atoms with van der Waals surface area (Å²) in [6, 6.07) is 9.03. The molecule has 68 valence electrons. The Bertz CT molecular complexity index is 317. The van der Waals surface area contributed by atoms with Gasteiger partial charge in [0, 0.05) is 0 Å². The predicted octanol–water partition coefficient (Wildman–Crippen LogP) is 1.45. The third-order valence-corrected chi connectivity index (χ3v) is 1.48. The maximum absolute atomic E-state index is 10.8. The summed E-state index contributed by atoms with van der Waals surface area (Å²) in [5.41, 5.74) is 5.06. The fourth-order valence-electron chi connectivity index (χ4n) is 0.867. The number of nitrogens with two attached hydrogens (primary N) is 1. The first kappa shape index (κ1) is 9.32. The van der Waals surface area contributed by atoms with Crippen molar-refractivity contribution >= 4 is 5.91 Å². The molecule has 13 heavy (non-hydrogen) atoms. The van der Waals surface area contributed by atoms with Crippen molar-refractivity contribution in [3.63, 3.8) is 0 Å². The molecule has 1 amide bonds. The van der Waals surface area contributed by atoms with Crippen molar-refractivity contribution in [3.05, 3.63) is 42.2 Å². The molecule has 0 bridgehead atoms. The van der Waals surface area contributed by atoms with Gasteiger partial charge in [-0.2, -0.15) is 0 Å². The number of rotatable bonds is 3. The highest BCUT2D eigenvalue weighted by Gasteiger charge is 2.04. The van der Waals surface area contributed by atoms with Crippen LogP contribution in [0.4, 0.5) is 0 Å². The van der Waals surface area contributed by atoms with E-state index in [-0.39, 0.29) is 5.76 Å². The van der Waals surface area contributed by atoms with E-state index in [0.29, 0.717) is 5.75 Å². The molecule has 0 fully saturated rings. The first-order valence-electron chi connectivity index (χ1n) is 3.93. The quantitative estimate of drug-likeness (QED) is 0.561. The van der Waals surface area contributed by atoms with Gasteiger partial charge < -0.3 is 10.5 Å². The summed E-state index contributed by atoms with van der Waals surface area (Å²) < 4.78 is 5.21. The second kappa shape index (κ2) is 4.30. The summed E-state index contributed by atoms with van der Waals surface area (Å²) in [7, 11) is 0. The van der Waals surface area contributed by atoms with E-state index in [1.54, 1.807) is 19.1 Å². The third kappa shape index (κ3) is 2.63. The molecule has 1 rings (SSSR count). The Morgan fingerprint density at radius 3 is 2.46 bits per heavy atom. The molecule has 0 aliphatic rings. The molecular formula is C10H11NO2. The van der Waals surface area contributed by atoms with Crippen LogP contribution in [-0.2, 0) is 4.79 Å². The number of carbonyl (C=O) groups excluding carboxylic acids is 1. The van der Waals surface area contributed by atoms with Crippen LogP contribution in [0.3, 0.4) is 0 Å². The van der Waals surface area contributed by atoms with Crippen molar-refractivity contribution in [2.45, 2.75) is 6.92 Å². The molecule has 0 aliphatic heterocycles. The number of amides is 1. The van der Waals surface area contributed by atoms with Gasteiger partial charge in [0.1, 0.15) is 5.75 Å². The number of benzene rings is 1. The van der Waals surface area contributed by atoms with Crippen LogP contribution < -0.4 is 10.5 Å². The summed E-state index contributed by atoms with van der Waals surface area (Å²) in [6.07, 6.45) is 1.54. The summed E-state index contributed by atoms with van der Waals surface area (Å²) in [4.78, 5) is 10.8. The molecule has 0 radical (unpaired) electrons. The average Bonchev–Trinajstić information content (AvgIpc) is 2.15. The SMILES string of the molecule is CC=C(Oc1ccccc1)C(N)=O. The molecule has 0 unspecified atom stereocenters. The van der Waals surface area contributed by atoms with E-state index >= 15 is 0 Å². The van der Waals surface area contributed by atoms with Gasteiger partial charge >= 0.3 is 0 Å². The predicted molar refractivity (Wildman–Crippen MR) is 50.0 cm³/mol. The lowest BCUT2D eigenvalue weighted by atomic mass is 10.3. The Hall–Kier alpha value is -1.77. The van der Waals surface area contributed by atoms with Crippen LogP contribution in [0.5, 0.6) is 5.75 Å². The molecule has 3 heteroatoms. The summed E-state index contributed by atoms with van der Waals surface area (Å²) >= 11 is 0. The van der Waals surface area contributed by atoms with E-state index in [9.17, 15) is 4.79 Å². The number of carbonyl (C=O) groups is 1. The normalized spacial score (nSPS) is 11.0. The van der Waals surface area contributed by atoms with Crippen molar-refractivity contribution in [1.29, 1.82) is 0 Å². The van der Waals surface area contributed by atoms with Crippen LogP contribution in [0.2, 0.25) is 0 Å². The second-order valence-corrected chi connectivity index (χ2v) is 2.43. The minimum Gasteiger partial charge on any atom is -0.452 e. The van der Waals surface area contributed by atoms with Crippen molar-refractivity contribution in [1.82, 2.24) is 0 Å². The van der Waals surface area contributed by atoms with Crippen LogP contribution in [0, 0.1) is 0 Å². The monoisotopic (exact) mass is 177 g/mol. The van der Waals surface area contributed by atoms with Crippen LogP contribution in [0.25, 0.3) is 0 Å². The summed E-state index contributed by atoms with van der Waals surface area (Å²) in [5, 5.41) is 0. The van der Waals surface area contributed by atoms with Gasteiger partial charge in [-0.25, -0.2) is 0 Å². The van der Waals surface area contributed by atoms with Gasteiger partial charge in [0.15, 0.2) is 5.76 Å². The first-order valence-corrected chi connectivity index (χ1v) is 3.93. The molecule has 0 saturated carbocycles. The van der Waals surface area contributed by atoms with E-state index in [2.05, 4.69) is 0 Å². The standard InChI is InChI=1S/C10H11NO2/c1-2-9(10(11)12)13-8-6-4-3-5-7-8/h2-7H,1H3,(H2,11,12). The van der Waals surface area contributed by atoms with Gasteiger partial charge in [-0.15, -0.1) is 0 Å². The van der Waals surface area contributed by atoms with E-state index in [4.69, 9.17) is 10.5 Å². The van der Waals surface area contributed by atoms with Gasteiger partial charge in [-0.05, 0) is 25.1 Å². The zero-order chi connectivity index (χ0) is 9.68. The Kier molecular flexibility index (Phi) is 3.09. The lowest BCUT2D eigenvalue weighted by Gasteiger charge is -2.05. The molecule has 3 nitrogen and oxygen atoms in total. The zero-order valence-corrected chi connectivity index (χ0v) is 7.36. The lowest BCUT2D eigenvalue weighted by molar-refractivity contribution is -0.116. The molecule has 0 aliphatic carbocycles. The van der Waals surface area contributed by atoms with E-state index in [1.165, 1.54) is 6.08 Å². The minimum absolute atomic E-state index is 0.159. The lowest BCUT2D eigenvalue weighted by Crippen LogP contribution is -2.17. The van der Waals surface area contributed by atoms with Crippen molar-refractivity contribution < 1.29 is 9.53 Å². The van der Waals surface area contributed by atoms with Crippen LogP contribution >= 0.6 is 0 Å². The Morgan fingerprint density at radius 1 is 1.38 bits per heavy atom. The summed E-state index contributed by atoms with van der Waals surface area (Å²) in [5.74, 6) is 0.201. The first-order chi connectivity index (χ1) is 6.24. The molecule has 0 saturated heterocycles. The Balaban J connectivity index is 2.74. The average molecular weight is 177 g/mol. The molecular weight excluding hydrogens is 166 g/mol. The van der Waals surface area contributed by atoms with Crippen LogP contribution in [0.15, 0.2) is 42.2 Å². The zero-order valence-electron chi connectivity index (χ0n) is 7.36. The molecule has 2 N–H and O–H groups in total. The van der Waals surface area contributed by atoms with E-state index < -0.39 is 5.91 Å². The van der Waals surface area contributed by atoms with Crippen molar-refractivity contribution in [2.75, 3.05) is 0 Å². The smallest absolute Gasteiger partial charge is 0.284 e.